The van der Waals surface area contributed by atoms with Crippen LogP contribution in [0.25, 0.3) is 0 Å². The van der Waals surface area contributed by atoms with Crippen LogP contribution in [0.2, 0.25) is 0 Å². The quantitative estimate of drug-likeness (QED) is 0.734. The minimum absolute atomic E-state index is 0.00468. The van der Waals surface area contributed by atoms with E-state index in [0.29, 0.717) is 23.6 Å². The Kier molecular flexibility index (Phi) is 6.07. The van der Waals surface area contributed by atoms with Crippen LogP contribution in [0.4, 0.5) is 0 Å². The van der Waals surface area contributed by atoms with E-state index in [1.54, 1.807) is 17.1 Å². The molecule has 0 saturated carbocycles. The molecule has 0 saturated heterocycles. The van der Waals surface area contributed by atoms with Gasteiger partial charge < -0.3 is 4.74 Å². The number of ether oxygens (including phenoxy) is 1. The van der Waals surface area contributed by atoms with Crippen LogP contribution in [0.5, 0.6) is 0 Å². The molecule has 0 atom stereocenters. The first kappa shape index (κ1) is 18.2. The minimum atomic E-state index is -0.354. The van der Waals surface area contributed by atoms with Crippen LogP contribution in [0.3, 0.4) is 0 Å². The van der Waals surface area contributed by atoms with Crippen LogP contribution >= 0.6 is 11.8 Å². The first-order valence-corrected chi connectivity index (χ1v) is 9.51. The van der Waals surface area contributed by atoms with Crippen LogP contribution in [0, 0.1) is 0 Å². The standard InChI is InChI=1S/C20H20N2O3S/c1-25-20(24)17-9-5-6-15(12-17)13-26-14-19(23)22-11-10-18(21-22)16-7-3-2-4-8-16/h2-9,12H,10-11,13-14H2,1H3. The average Bonchev–Trinajstić information content (AvgIpc) is 3.18. The monoisotopic (exact) mass is 368 g/mol. The maximum absolute atomic E-state index is 12.4. The summed E-state index contributed by atoms with van der Waals surface area (Å²) in [7, 11) is 1.36. The van der Waals surface area contributed by atoms with Gasteiger partial charge in [-0.15, -0.1) is 11.8 Å². The van der Waals surface area contributed by atoms with E-state index in [-0.39, 0.29) is 11.9 Å². The van der Waals surface area contributed by atoms with E-state index in [1.807, 2.05) is 42.5 Å². The van der Waals surface area contributed by atoms with Gasteiger partial charge in [-0.1, -0.05) is 42.5 Å². The number of benzene rings is 2. The first-order valence-electron chi connectivity index (χ1n) is 8.35. The Morgan fingerprint density at radius 1 is 1.15 bits per heavy atom. The Morgan fingerprint density at radius 2 is 1.96 bits per heavy atom. The molecule has 134 valence electrons. The highest BCUT2D eigenvalue weighted by atomic mass is 32.2. The molecule has 1 aliphatic heterocycles. The molecule has 6 heteroatoms. The number of esters is 1. The van der Waals surface area contributed by atoms with E-state index >= 15 is 0 Å². The van der Waals surface area contributed by atoms with Crippen LogP contribution in [0.15, 0.2) is 59.7 Å². The predicted molar refractivity (Wildman–Crippen MR) is 103 cm³/mol. The fraction of sp³-hybridized carbons (Fsp3) is 0.250. The molecule has 2 aromatic rings. The molecule has 26 heavy (non-hydrogen) atoms. The normalized spacial score (nSPS) is 13.4. The number of thioether (sulfide) groups is 1. The van der Waals surface area contributed by atoms with Crippen molar-refractivity contribution < 1.29 is 14.3 Å². The zero-order chi connectivity index (χ0) is 18.4. The highest BCUT2D eigenvalue weighted by molar-refractivity contribution is 7.99. The van der Waals surface area contributed by atoms with Crippen molar-refractivity contribution >= 4 is 29.4 Å². The van der Waals surface area contributed by atoms with Crippen molar-refractivity contribution in [1.82, 2.24) is 5.01 Å². The molecule has 0 aromatic heterocycles. The van der Waals surface area contributed by atoms with Gasteiger partial charge in [0, 0.05) is 12.2 Å². The second kappa shape index (κ2) is 8.67. The van der Waals surface area contributed by atoms with E-state index in [4.69, 9.17) is 4.74 Å². The number of hydrogen-bond acceptors (Lipinski definition) is 5. The molecule has 1 heterocycles. The lowest BCUT2D eigenvalue weighted by molar-refractivity contribution is -0.127. The third-order valence-corrected chi connectivity index (χ3v) is 5.03. The van der Waals surface area contributed by atoms with Crippen LogP contribution < -0.4 is 0 Å². The Hall–Kier alpha value is -2.60. The number of carbonyl (C=O) groups is 2. The third kappa shape index (κ3) is 4.52. The maximum atomic E-state index is 12.4. The highest BCUT2D eigenvalue weighted by Crippen LogP contribution is 2.18. The van der Waals surface area contributed by atoms with Gasteiger partial charge in [-0.05, 0) is 23.3 Å². The van der Waals surface area contributed by atoms with Crippen molar-refractivity contribution in [3.8, 4) is 0 Å². The lowest BCUT2D eigenvalue weighted by atomic mass is 10.1. The summed E-state index contributed by atoms with van der Waals surface area (Å²) in [5.74, 6) is 0.658. The molecule has 0 unspecified atom stereocenters. The molecule has 1 aliphatic rings. The molecule has 0 fully saturated rings. The largest absolute Gasteiger partial charge is 0.465 e. The third-order valence-electron chi connectivity index (χ3n) is 4.04. The van der Waals surface area contributed by atoms with Crippen molar-refractivity contribution in [1.29, 1.82) is 0 Å². The number of hydrazone groups is 1. The van der Waals surface area contributed by atoms with Gasteiger partial charge >= 0.3 is 5.97 Å². The summed E-state index contributed by atoms with van der Waals surface area (Å²) in [6.07, 6.45) is 0.779. The van der Waals surface area contributed by atoms with E-state index in [0.717, 1.165) is 23.3 Å². The summed E-state index contributed by atoms with van der Waals surface area (Å²) >= 11 is 1.51. The van der Waals surface area contributed by atoms with Gasteiger partial charge in [-0.3, -0.25) is 4.79 Å². The van der Waals surface area contributed by atoms with Crippen LogP contribution in [-0.4, -0.2) is 42.0 Å². The number of methoxy groups -OCH3 is 1. The van der Waals surface area contributed by atoms with Gasteiger partial charge in [0.1, 0.15) is 0 Å². The second-order valence-corrected chi connectivity index (χ2v) is 6.85. The fourth-order valence-electron chi connectivity index (χ4n) is 2.71. The molecule has 0 bridgehead atoms. The number of amides is 1. The zero-order valence-electron chi connectivity index (χ0n) is 14.6. The van der Waals surface area contributed by atoms with E-state index in [9.17, 15) is 9.59 Å². The molecular weight excluding hydrogens is 348 g/mol. The van der Waals surface area contributed by atoms with E-state index in [2.05, 4.69) is 5.10 Å². The van der Waals surface area contributed by atoms with Gasteiger partial charge in [-0.2, -0.15) is 5.10 Å². The lowest BCUT2D eigenvalue weighted by Gasteiger charge is -2.11. The minimum Gasteiger partial charge on any atom is -0.465 e. The van der Waals surface area contributed by atoms with Crippen molar-refractivity contribution in [2.75, 3.05) is 19.4 Å². The maximum Gasteiger partial charge on any atom is 0.337 e. The van der Waals surface area contributed by atoms with Gasteiger partial charge in [0.25, 0.3) is 5.91 Å². The summed E-state index contributed by atoms with van der Waals surface area (Å²) in [4.78, 5) is 23.9. The van der Waals surface area contributed by atoms with E-state index in [1.165, 1.54) is 18.9 Å². The fourth-order valence-corrected chi connectivity index (χ4v) is 3.55. The van der Waals surface area contributed by atoms with Crippen LogP contribution in [-0.2, 0) is 15.3 Å². The summed E-state index contributed by atoms with van der Waals surface area (Å²) in [5.41, 5.74) is 3.53. The molecule has 0 spiro atoms. The van der Waals surface area contributed by atoms with E-state index < -0.39 is 0 Å². The number of nitrogens with zero attached hydrogens (tertiary/aromatic N) is 2. The summed E-state index contributed by atoms with van der Waals surface area (Å²) in [5, 5.41) is 6.01. The molecule has 0 N–H and O–H groups in total. The van der Waals surface area contributed by atoms with Gasteiger partial charge in [0.05, 0.1) is 30.7 Å². The number of hydrogen-bond donors (Lipinski definition) is 0. The number of rotatable bonds is 6. The molecule has 1 amide bonds. The Balaban J connectivity index is 1.52. The SMILES string of the molecule is COC(=O)c1cccc(CSCC(=O)N2CCC(c3ccccc3)=N2)c1. The highest BCUT2D eigenvalue weighted by Gasteiger charge is 2.21. The molecule has 3 rings (SSSR count). The molecular formula is C20H20N2O3S. The van der Waals surface area contributed by atoms with Crippen molar-refractivity contribution in [2.45, 2.75) is 12.2 Å². The second-order valence-electron chi connectivity index (χ2n) is 5.86. The first-order chi connectivity index (χ1) is 12.7. The molecule has 0 aliphatic carbocycles. The van der Waals surface area contributed by atoms with Gasteiger partial charge in [0.2, 0.25) is 0 Å². The average molecular weight is 368 g/mol. The summed E-state index contributed by atoms with van der Waals surface area (Å²) < 4.78 is 4.73. The summed E-state index contributed by atoms with van der Waals surface area (Å²) in [6.45, 7) is 0.626. The van der Waals surface area contributed by atoms with Gasteiger partial charge in [-0.25, -0.2) is 9.80 Å². The number of carbonyl (C=O) groups excluding carboxylic acids is 2. The Morgan fingerprint density at radius 3 is 2.73 bits per heavy atom. The summed E-state index contributed by atoms with van der Waals surface area (Å²) in [6, 6.07) is 17.2. The predicted octanol–water partition coefficient (Wildman–Crippen LogP) is 3.34. The van der Waals surface area contributed by atoms with Crippen molar-refractivity contribution in [2.24, 2.45) is 5.10 Å². The Bertz CT molecular complexity index is 821. The lowest BCUT2D eigenvalue weighted by Crippen LogP contribution is -2.25. The topological polar surface area (TPSA) is 59.0 Å². The van der Waals surface area contributed by atoms with Crippen LogP contribution in [0.1, 0.15) is 27.9 Å². The smallest absolute Gasteiger partial charge is 0.337 e. The molecule has 2 aromatic carbocycles. The zero-order valence-corrected chi connectivity index (χ0v) is 15.4. The van der Waals surface area contributed by atoms with Gasteiger partial charge in [0.15, 0.2) is 0 Å². The molecule has 5 nitrogen and oxygen atoms in total. The van der Waals surface area contributed by atoms with Crippen molar-refractivity contribution in [3.63, 3.8) is 0 Å². The molecule has 0 radical (unpaired) electrons. The van der Waals surface area contributed by atoms with Crippen molar-refractivity contribution in [3.05, 3.63) is 71.3 Å². The Labute approximate surface area is 157 Å².